The van der Waals surface area contributed by atoms with Gasteiger partial charge in [0.15, 0.2) is 0 Å². The first kappa shape index (κ1) is 13.6. The van der Waals surface area contributed by atoms with E-state index in [4.69, 9.17) is 0 Å². The van der Waals surface area contributed by atoms with Crippen molar-refractivity contribution in [2.75, 3.05) is 0 Å². The summed E-state index contributed by atoms with van der Waals surface area (Å²) in [6, 6.07) is 1.61. The molecule has 8 heteroatoms. The SMILES string of the molecule is FC(F)(F)c1ccc(Br)nc1C1(C(F)(F)F)CC1. The van der Waals surface area contributed by atoms with Gasteiger partial charge in [-0.3, -0.25) is 0 Å². The molecule has 0 saturated heterocycles. The van der Waals surface area contributed by atoms with Crippen LogP contribution in [-0.4, -0.2) is 11.2 Å². The second-order valence-electron chi connectivity index (χ2n) is 4.11. The molecule has 1 aromatic rings. The van der Waals surface area contributed by atoms with Crippen LogP contribution >= 0.6 is 15.9 Å². The monoisotopic (exact) mass is 333 g/mol. The molecule has 0 N–H and O–H groups in total. The minimum atomic E-state index is -4.84. The lowest BCUT2D eigenvalue weighted by molar-refractivity contribution is -0.166. The van der Waals surface area contributed by atoms with Gasteiger partial charge in [0.1, 0.15) is 10.0 Å². The predicted octanol–water partition coefficient (Wildman–Crippen LogP) is 4.46. The largest absolute Gasteiger partial charge is 0.418 e. The van der Waals surface area contributed by atoms with Gasteiger partial charge in [0, 0.05) is 0 Å². The van der Waals surface area contributed by atoms with Crippen molar-refractivity contribution in [2.45, 2.75) is 30.6 Å². The summed E-state index contributed by atoms with van der Waals surface area (Å²) < 4.78 is 76.6. The van der Waals surface area contributed by atoms with Crippen molar-refractivity contribution in [3.05, 3.63) is 28.0 Å². The Bertz CT molecular complexity index is 474. The standard InChI is InChI=1S/C10H6BrF6N/c11-6-2-1-5(9(12,13)14)7(18-6)8(3-4-8)10(15,16)17/h1-2H,3-4H2. The van der Waals surface area contributed by atoms with Gasteiger partial charge in [-0.2, -0.15) is 26.3 Å². The molecule has 0 spiro atoms. The maximum Gasteiger partial charge on any atom is 0.418 e. The third-order valence-corrected chi connectivity index (χ3v) is 3.35. The summed E-state index contributed by atoms with van der Waals surface area (Å²) in [4.78, 5) is 3.42. The maximum atomic E-state index is 12.9. The van der Waals surface area contributed by atoms with Crippen molar-refractivity contribution in [1.29, 1.82) is 0 Å². The number of hydrogen-bond donors (Lipinski definition) is 0. The van der Waals surface area contributed by atoms with Crippen LogP contribution in [0.25, 0.3) is 0 Å². The minimum absolute atomic E-state index is 0.0407. The Kier molecular flexibility index (Phi) is 2.92. The zero-order valence-electron chi connectivity index (χ0n) is 8.66. The van der Waals surface area contributed by atoms with Gasteiger partial charge in [-0.15, -0.1) is 0 Å². The van der Waals surface area contributed by atoms with Crippen molar-refractivity contribution < 1.29 is 26.3 Å². The van der Waals surface area contributed by atoms with Gasteiger partial charge in [0.2, 0.25) is 0 Å². The van der Waals surface area contributed by atoms with Crippen molar-refractivity contribution in [3.8, 4) is 0 Å². The van der Waals surface area contributed by atoms with Gasteiger partial charge in [-0.1, -0.05) is 0 Å². The summed E-state index contributed by atoms with van der Waals surface area (Å²) in [5, 5.41) is 0. The first-order chi connectivity index (χ1) is 8.08. The number of halogens is 7. The second kappa shape index (κ2) is 3.85. The lowest BCUT2D eigenvalue weighted by Crippen LogP contribution is -2.32. The van der Waals surface area contributed by atoms with Crippen LogP contribution in [0.1, 0.15) is 24.1 Å². The lowest BCUT2D eigenvalue weighted by Gasteiger charge is -2.22. The molecule has 2 rings (SSSR count). The van der Waals surface area contributed by atoms with E-state index in [0.29, 0.717) is 6.07 Å². The van der Waals surface area contributed by atoms with Gasteiger partial charge < -0.3 is 0 Å². The van der Waals surface area contributed by atoms with Crippen LogP contribution in [0.15, 0.2) is 16.7 Å². The number of alkyl halides is 6. The molecule has 0 bridgehead atoms. The fraction of sp³-hybridized carbons (Fsp3) is 0.500. The van der Waals surface area contributed by atoms with Crippen LogP contribution < -0.4 is 0 Å². The molecular weight excluding hydrogens is 328 g/mol. The van der Waals surface area contributed by atoms with Gasteiger partial charge in [0.05, 0.1) is 11.3 Å². The molecule has 18 heavy (non-hydrogen) atoms. The lowest BCUT2D eigenvalue weighted by atomic mass is 9.96. The number of nitrogens with zero attached hydrogens (tertiary/aromatic N) is 1. The number of pyridine rings is 1. The third kappa shape index (κ3) is 2.10. The van der Waals surface area contributed by atoms with E-state index in [1.807, 2.05) is 0 Å². The Morgan fingerprint density at radius 2 is 1.61 bits per heavy atom. The molecule has 1 aliphatic rings. The second-order valence-corrected chi connectivity index (χ2v) is 4.92. The van der Waals surface area contributed by atoms with Crippen molar-refractivity contribution in [2.24, 2.45) is 0 Å². The highest BCUT2D eigenvalue weighted by atomic mass is 79.9. The zero-order chi connectivity index (χ0) is 13.8. The van der Waals surface area contributed by atoms with E-state index in [0.717, 1.165) is 6.07 Å². The number of aromatic nitrogens is 1. The normalized spacial score (nSPS) is 18.8. The smallest absolute Gasteiger partial charge is 0.244 e. The van der Waals surface area contributed by atoms with Gasteiger partial charge in [0.25, 0.3) is 0 Å². The molecule has 0 amide bonds. The Labute approximate surface area is 106 Å². The summed E-state index contributed by atoms with van der Waals surface area (Å²) in [6.07, 6.45) is -10.3. The molecule has 1 aromatic heterocycles. The van der Waals surface area contributed by atoms with E-state index in [-0.39, 0.29) is 17.4 Å². The van der Waals surface area contributed by atoms with E-state index >= 15 is 0 Å². The Hall–Kier alpha value is -0.790. The van der Waals surface area contributed by atoms with Crippen molar-refractivity contribution in [1.82, 2.24) is 4.98 Å². The first-order valence-electron chi connectivity index (χ1n) is 4.89. The molecule has 100 valence electrons. The van der Waals surface area contributed by atoms with Gasteiger partial charge in [-0.05, 0) is 40.9 Å². The Morgan fingerprint density at radius 1 is 1.06 bits per heavy atom. The molecule has 1 nitrogen and oxygen atoms in total. The average molecular weight is 334 g/mol. The van der Waals surface area contributed by atoms with Crippen molar-refractivity contribution >= 4 is 15.9 Å². The van der Waals surface area contributed by atoms with Gasteiger partial charge in [-0.25, -0.2) is 4.98 Å². The molecule has 1 aliphatic carbocycles. The Morgan fingerprint density at radius 3 is 2.00 bits per heavy atom. The van der Waals surface area contributed by atoms with Crippen LogP contribution in [0.5, 0.6) is 0 Å². The number of rotatable bonds is 1. The highest BCUT2D eigenvalue weighted by Gasteiger charge is 2.67. The van der Waals surface area contributed by atoms with E-state index in [1.165, 1.54) is 0 Å². The van der Waals surface area contributed by atoms with E-state index in [9.17, 15) is 26.3 Å². The molecule has 1 fully saturated rings. The summed E-state index contributed by atoms with van der Waals surface area (Å²) in [6.45, 7) is 0. The summed E-state index contributed by atoms with van der Waals surface area (Å²) in [7, 11) is 0. The quantitative estimate of drug-likeness (QED) is 0.546. The zero-order valence-corrected chi connectivity index (χ0v) is 10.2. The van der Waals surface area contributed by atoms with Crippen LogP contribution in [-0.2, 0) is 11.6 Å². The molecule has 1 heterocycles. The molecule has 0 aromatic carbocycles. The van der Waals surface area contributed by atoms with Crippen LogP contribution in [0, 0.1) is 0 Å². The molecule has 0 atom stereocenters. The maximum absolute atomic E-state index is 12.9. The predicted molar refractivity (Wildman–Crippen MR) is 53.9 cm³/mol. The summed E-state index contributed by atoms with van der Waals surface area (Å²) in [5.41, 5.74) is -4.70. The first-order valence-corrected chi connectivity index (χ1v) is 5.68. The topological polar surface area (TPSA) is 12.9 Å². The average Bonchev–Trinajstić information content (AvgIpc) is 2.94. The molecule has 0 aliphatic heterocycles. The fourth-order valence-electron chi connectivity index (χ4n) is 1.81. The summed E-state index contributed by atoms with van der Waals surface area (Å²) in [5.74, 6) is 0. The highest BCUT2D eigenvalue weighted by Crippen LogP contribution is 2.60. The number of hydrogen-bond acceptors (Lipinski definition) is 1. The fourth-order valence-corrected chi connectivity index (χ4v) is 2.12. The Balaban J connectivity index is 2.61. The van der Waals surface area contributed by atoms with Gasteiger partial charge >= 0.3 is 12.4 Å². The highest BCUT2D eigenvalue weighted by molar-refractivity contribution is 9.10. The summed E-state index contributed by atoms with van der Waals surface area (Å²) >= 11 is 2.80. The van der Waals surface area contributed by atoms with Crippen LogP contribution in [0.2, 0.25) is 0 Å². The minimum Gasteiger partial charge on any atom is -0.244 e. The van der Waals surface area contributed by atoms with E-state index in [2.05, 4.69) is 20.9 Å². The van der Waals surface area contributed by atoms with Crippen LogP contribution in [0.4, 0.5) is 26.3 Å². The van der Waals surface area contributed by atoms with Crippen molar-refractivity contribution in [3.63, 3.8) is 0 Å². The molecule has 0 unspecified atom stereocenters. The molecule has 0 radical (unpaired) electrons. The molecule has 1 saturated carbocycles. The van der Waals surface area contributed by atoms with E-state index in [1.54, 1.807) is 0 Å². The van der Waals surface area contributed by atoms with E-state index < -0.39 is 29.0 Å². The van der Waals surface area contributed by atoms with Crippen LogP contribution in [0.3, 0.4) is 0 Å². The molecular formula is C10H6BrF6N. The third-order valence-electron chi connectivity index (χ3n) is 2.91.